The molecule has 0 spiro atoms. The van der Waals surface area contributed by atoms with Gasteiger partial charge in [-0.05, 0) is 33.5 Å². The van der Waals surface area contributed by atoms with E-state index in [1.54, 1.807) is 0 Å². The van der Waals surface area contributed by atoms with Crippen molar-refractivity contribution in [3.05, 3.63) is 51.9 Å². The van der Waals surface area contributed by atoms with Crippen molar-refractivity contribution < 1.29 is 0 Å². The van der Waals surface area contributed by atoms with Crippen molar-refractivity contribution in [1.29, 1.82) is 0 Å². The van der Waals surface area contributed by atoms with Crippen LogP contribution in [0.2, 0.25) is 0 Å². The SMILES string of the molecule is CC(C)c1nc(Br)cc(N2CCc3ccccc3C2)n1. The summed E-state index contributed by atoms with van der Waals surface area (Å²) in [6, 6.07) is 10.7. The van der Waals surface area contributed by atoms with E-state index in [4.69, 9.17) is 4.98 Å². The van der Waals surface area contributed by atoms with E-state index in [0.717, 1.165) is 35.8 Å². The molecule has 3 nitrogen and oxygen atoms in total. The standard InChI is InChI=1S/C16H18BrN3/c1-11(2)16-18-14(17)9-15(19-16)20-8-7-12-5-3-4-6-13(12)10-20/h3-6,9,11H,7-8,10H2,1-2H3. The lowest BCUT2D eigenvalue weighted by molar-refractivity contribution is 0.701. The van der Waals surface area contributed by atoms with Crippen molar-refractivity contribution in [3.63, 3.8) is 0 Å². The van der Waals surface area contributed by atoms with Gasteiger partial charge in [0.15, 0.2) is 0 Å². The fourth-order valence-electron chi connectivity index (χ4n) is 2.53. The highest BCUT2D eigenvalue weighted by Crippen LogP contribution is 2.26. The Balaban J connectivity index is 1.91. The minimum absolute atomic E-state index is 0.336. The van der Waals surface area contributed by atoms with E-state index in [9.17, 15) is 0 Å². The minimum Gasteiger partial charge on any atom is -0.352 e. The molecule has 0 amide bonds. The summed E-state index contributed by atoms with van der Waals surface area (Å²) in [5, 5.41) is 0. The van der Waals surface area contributed by atoms with E-state index in [0.29, 0.717) is 5.92 Å². The first-order chi connectivity index (χ1) is 9.63. The quantitative estimate of drug-likeness (QED) is 0.781. The highest BCUT2D eigenvalue weighted by atomic mass is 79.9. The molecule has 20 heavy (non-hydrogen) atoms. The van der Waals surface area contributed by atoms with Gasteiger partial charge in [0, 0.05) is 25.1 Å². The van der Waals surface area contributed by atoms with Crippen molar-refractivity contribution in [2.75, 3.05) is 11.4 Å². The molecular formula is C16H18BrN3. The maximum atomic E-state index is 4.71. The number of halogens is 1. The van der Waals surface area contributed by atoms with Crippen molar-refractivity contribution in [2.45, 2.75) is 32.7 Å². The van der Waals surface area contributed by atoms with E-state index in [1.165, 1.54) is 11.1 Å². The van der Waals surface area contributed by atoms with Crippen LogP contribution in [-0.2, 0) is 13.0 Å². The number of aromatic nitrogens is 2. The van der Waals surface area contributed by atoms with Gasteiger partial charge in [0.25, 0.3) is 0 Å². The first-order valence-electron chi connectivity index (χ1n) is 6.99. The Bertz CT molecular complexity index is 625. The molecule has 0 N–H and O–H groups in total. The summed E-state index contributed by atoms with van der Waals surface area (Å²) in [6.07, 6.45) is 1.08. The van der Waals surface area contributed by atoms with Crippen LogP contribution in [0, 0.1) is 0 Å². The molecule has 0 fully saturated rings. The third-order valence-corrected chi connectivity index (χ3v) is 4.08. The molecule has 3 rings (SSSR count). The predicted octanol–water partition coefficient (Wildman–Crippen LogP) is 3.93. The van der Waals surface area contributed by atoms with Gasteiger partial charge < -0.3 is 4.90 Å². The van der Waals surface area contributed by atoms with Gasteiger partial charge >= 0.3 is 0 Å². The number of benzene rings is 1. The van der Waals surface area contributed by atoms with Crippen LogP contribution >= 0.6 is 15.9 Å². The summed E-state index contributed by atoms with van der Waals surface area (Å²) < 4.78 is 0.866. The molecule has 0 bridgehead atoms. The van der Waals surface area contributed by atoms with Gasteiger partial charge in [-0.1, -0.05) is 38.1 Å². The van der Waals surface area contributed by atoms with E-state index in [1.807, 2.05) is 6.07 Å². The number of fused-ring (bicyclic) bond motifs is 1. The van der Waals surface area contributed by atoms with Crippen LogP contribution in [0.25, 0.3) is 0 Å². The van der Waals surface area contributed by atoms with Gasteiger partial charge in [-0.3, -0.25) is 0 Å². The Labute approximate surface area is 128 Å². The third-order valence-electron chi connectivity index (χ3n) is 3.67. The van der Waals surface area contributed by atoms with Crippen LogP contribution in [-0.4, -0.2) is 16.5 Å². The van der Waals surface area contributed by atoms with E-state index < -0.39 is 0 Å². The Hall–Kier alpha value is -1.42. The maximum Gasteiger partial charge on any atom is 0.134 e. The first-order valence-corrected chi connectivity index (χ1v) is 7.79. The van der Waals surface area contributed by atoms with Gasteiger partial charge in [-0.15, -0.1) is 0 Å². The Kier molecular flexibility index (Phi) is 3.74. The molecule has 0 saturated carbocycles. The molecular weight excluding hydrogens is 314 g/mol. The second-order valence-corrected chi connectivity index (χ2v) is 6.31. The topological polar surface area (TPSA) is 29.0 Å². The molecule has 0 atom stereocenters. The highest BCUT2D eigenvalue weighted by molar-refractivity contribution is 9.10. The Morgan fingerprint density at radius 3 is 2.65 bits per heavy atom. The lowest BCUT2D eigenvalue weighted by Crippen LogP contribution is -2.31. The van der Waals surface area contributed by atoms with Crippen LogP contribution in [0.3, 0.4) is 0 Å². The zero-order chi connectivity index (χ0) is 14.1. The summed E-state index contributed by atoms with van der Waals surface area (Å²) in [4.78, 5) is 11.5. The molecule has 104 valence electrons. The smallest absolute Gasteiger partial charge is 0.134 e. The number of hydrogen-bond acceptors (Lipinski definition) is 3. The zero-order valence-corrected chi connectivity index (χ0v) is 13.4. The monoisotopic (exact) mass is 331 g/mol. The van der Waals surface area contributed by atoms with Crippen molar-refractivity contribution in [2.24, 2.45) is 0 Å². The molecule has 4 heteroatoms. The molecule has 0 aliphatic carbocycles. The van der Waals surface area contributed by atoms with E-state index in [-0.39, 0.29) is 0 Å². The molecule has 2 aromatic rings. The van der Waals surface area contributed by atoms with Crippen molar-refractivity contribution in [3.8, 4) is 0 Å². The van der Waals surface area contributed by atoms with Gasteiger partial charge in [-0.2, -0.15) is 0 Å². The average Bonchev–Trinajstić information content (AvgIpc) is 2.46. The van der Waals surface area contributed by atoms with Gasteiger partial charge in [0.05, 0.1) is 0 Å². The average molecular weight is 332 g/mol. The molecule has 0 radical (unpaired) electrons. The van der Waals surface area contributed by atoms with Crippen LogP contribution in [0.15, 0.2) is 34.9 Å². The third kappa shape index (κ3) is 2.70. The highest BCUT2D eigenvalue weighted by Gasteiger charge is 2.18. The second-order valence-electron chi connectivity index (χ2n) is 5.50. The maximum absolute atomic E-state index is 4.71. The van der Waals surface area contributed by atoms with E-state index in [2.05, 4.69) is 63.9 Å². The zero-order valence-electron chi connectivity index (χ0n) is 11.8. The molecule has 0 saturated heterocycles. The van der Waals surface area contributed by atoms with Crippen LogP contribution in [0.4, 0.5) is 5.82 Å². The summed E-state index contributed by atoms with van der Waals surface area (Å²) in [5.41, 5.74) is 2.86. The molecule has 1 aromatic heterocycles. The fraction of sp³-hybridized carbons (Fsp3) is 0.375. The summed E-state index contributed by atoms with van der Waals surface area (Å²) in [5.74, 6) is 2.25. The van der Waals surface area contributed by atoms with Gasteiger partial charge in [0.1, 0.15) is 16.2 Å². The summed E-state index contributed by atoms with van der Waals surface area (Å²) >= 11 is 3.50. The molecule has 1 aliphatic heterocycles. The summed E-state index contributed by atoms with van der Waals surface area (Å²) in [7, 11) is 0. The fourth-order valence-corrected chi connectivity index (χ4v) is 2.92. The lowest BCUT2D eigenvalue weighted by atomic mass is 10.00. The van der Waals surface area contributed by atoms with Crippen LogP contribution in [0.1, 0.15) is 36.7 Å². The van der Waals surface area contributed by atoms with Gasteiger partial charge in [0.2, 0.25) is 0 Å². The van der Waals surface area contributed by atoms with Crippen LogP contribution in [0.5, 0.6) is 0 Å². The first kappa shape index (κ1) is 13.6. The number of anilines is 1. The van der Waals surface area contributed by atoms with Crippen molar-refractivity contribution in [1.82, 2.24) is 9.97 Å². The predicted molar refractivity (Wildman–Crippen MR) is 85.0 cm³/mol. The minimum atomic E-state index is 0.336. The number of rotatable bonds is 2. The number of hydrogen-bond donors (Lipinski definition) is 0. The number of nitrogens with zero attached hydrogens (tertiary/aromatic N) is 3. The summed E-state index contributed by atoms with van der Waals surface area (Å²) in [6.45, 7) is 6.18. The second kappa shape index (κ2) is 5.52. The van der Waals surface area contributed by atoms with Gasteiger partial charge in [-0.25, -0.2) is 9.97 Å². The normalized spacial score (nSPS) is 14.5. The Morgan fingerprint density at radius 2 is 1.90 bits per heavy atom. The molecule has 2 heterocycles. The molecule has 1 aromatic carbocycles. The Morgan fingerprint density at radius 1 is 1.15 bits per heavy atom. The van der Waals surface area contributed by atoms with E-state index >= 15 is 0 Å². The van der Waals surface area contributed by atoms with Crippen LogP contribution < -0.4 is 4.90 Å². The molecule has 0 unspecified atom stereocenters. The molecule has 1 aliphatic rings. The largest absolute Gasteiger partial charge is 0.352 e. The lowest BCUT2D eigenvalue weighted by Gasteiger charge is -2.30. The van der Waals surface area contributed by atoms with Crippen molar-refractivity contribution >= 4 is 21.7 Å².